The van der Waals surface area contributed by atoms with Crippen molar-refractivity contribution in [3.63, 3.8) is 0 Å². The van der Waals surface area contributed by atoms with E-state index in [0.717, 1.165) is 10.5 Å². The first-order valence-electron chi connectivity index (χ1n) is 6.27. The summed E-state index contributed by atoms with van der Waals surface area (Å²) < 4.78 is 41.6. The lowest BCUT2D eigenvalue weighted by Gasteiger charge is -2.22. The molecule has 112 valence electrons. The Labute approximate surface area is 116 Å². The molecule has 1 aromatic rings. The Hall–Kier alpha value is -1.56. The van der Waals surface area contributed by atoms with E-state index in [4.69, 9.17) is 4.74 Å². The van der Waals surface area contributed by atoms with Gasteiger partial charge in [0.1, 0.15) is 6.10 Å². The second-order valence-electron chi connectivity index (χ2n) is 4.56. The third-order valence-electron chi connectivity index (χ3n) is 2.80. The van der Waals surface area contributed by atoms with E-state index < -0.39 is 24.6 Å². The molecule has 1 amide bonds. The lowest BCUT2D eigenvalue weighted by atomic mass is 10.2. The molecular formula is C14H18F3NO2. The quantitative estimate of drug-likeness (QED) is 0.805. The van der Waals surface area contributed by atoms with Crippen molar-refractivity contribution in [3.8, 4) is 0 Å². The number of likely N-dealkylation sites (N-methyl/N-ethyl adjacent to an activating group) is 1. The Morgan fingerprint density at radius 2 is 1.90 bits per heavy atom. The van der Waals surface area contributed by atoms with Crippen LogP contribution in [-0.2, 0) is 16.1 Å². The van der Waals surface area contributed by atoms with Gasteiger partial charge in [-0.3, -0.25) is 4.79 Å². The summed E-state index contributed by atoms with van der Waals surface area (Å²) in [4.78, 5) is 12.9. The lowest BCUT2D eigenvalue weighted by molar-refractivity contribution is -0.150. The van der Waals surface area contributed by atoms with Gasteiger partial charge in [0.2, 0.25) is 0 Å². The van der Waals surface area contributed by atoms with Crippen LogP contribution in [0.3, 0.4) is 0 Å². The van der Waals surface area contributed by atoms with Gasteiger partial charge in [-0.2, -0.15) is 13.2 Å². The molecule has 0 bridgehead atoms. The third-order valence-corrected chi connectivity index (χ3v) is 2.80. The monoisotopic (exact) mass is 289 g/mol. The van der Waals surface area contributed by atoms with Gasteiger partial charge in [-0.25, -0.2) is 0 Å². The van der Waals surface area contributed by atoms with Crippen molar-refractivity contribution in [3.05, 3.63) is 35.9 Å². The van der Waals surface area contributed by atoms with Crippen LogP contribution >= 0.6 is 0 Å². The second-order valence-corrected chi connectivity index (χ2v) is 4.56. The van der Waals surface area contributed by atoms with E-state index in [-0.39, 0.29) is 13.2 Å². The maximum absolute atomic E-state index is 12.1. The number of amides is 1. The van der Waals surface area contributed by atoms with Gasteiger partial charge in [-0.1, -0.05) is 30.3 Å². The summed E-state index contributed by atoms with van der Waals surface area (Å²) in [5.74, 6) is -0.454. The van der Waals surface area contributed by atoms with Gasteiger partial charge in [0, 0.05) is 13.6 Å². The summed E-state index contributed by atoms with van der Waals surface area (Å²) in [5.41, 5.74) is 0.907. The van der Waals surface area contributed by atoms with Crippen LogP contribution in [-0.4, -0.2) is 36.7 Å². The Morgan fingerprint density at radius 3 is 2.45 bits per heavy atom. The highest BCUT2D eigenvalue weighted by Crippen LogP contribution is 2.19. The zero-order valence-corrected chi connectivity index (χ0v) is 11.5. The molecule has 1 rings (SSSR count). The molecule has 0 aliphatic heterocycles. The van der Waals surface area contributed by atoms with Crippen molar-refractivity contribution in [2.24, 2.45) is 0 Å². The van der Waals surface area contributed by atoms with Crippen LogP contribution in [0.5, 0.6) is 0 Å². The fourth-order valence-corrected chi connectivity index (χ4v) is 1.58. The smallest absolute Gasteiger partial charge is 0.364 e. The van der Waals surface area contributed by atoms with Gasteiger partial charge in [-0.05, 0) is 12.5 Å². The third kappa shape index (κ3) is 6.06. The lowest BCUT2D eigenvalue weighted by Crippen LogP contribution is -2.38. The van der Waals surface area contributed by atoms with Crippen LogP contribution in [0.1, 0.15) is 18.9 Å². The maximum Gasteiger partial charge on any atom is 0.390 e. The number of nitrogens with zero attached hydrogens (tertiary/aromatic N) is 1. The SMILES string of the molecule is CC(OCc1ccccc1)C(=O)N(C)CCC(F)(F)F. The van der Waals surface area contributed by atoms with Crippen LogP contribution < -0.4 is 0 Å². The summed E-state index contributed by atoms with van der Waals surface area (Å²) in [6.07, 6.45) is -6.04. The summed E-state index contributed by atoms with van der Waals surface area (Å²) in [6, 6.07) is 9.26. The van der Waals surface area contributed by atoms with E-state index in [1.165, 1.54) is 14.0 Å². The predicted molar refractivity (Wildman–Crippen MR) is 69.0 cm³/mol. The van der Waals surface area contributed by atoms with Gasteiger partial charge in [0.05, 0.1) is 13.0 Å². The highest BCUT2D eigenvalue weighted by Gasteiger charge is 2.29. The normalized spacial score (nSPS) is 13.1. The number of ether oxygens (including phenoxy) is 1. The molecule has 1 unspecified atom stereocenters. The summed E-state index contributed by atoms with van der Waals surface area (Å²) in [7, 11) is 1.34. The summed E-state index contributed by atoms with van der Waals surface area (Å²) in [6.45, 7) is 1.43. The molecule has 0 saturated carbocycles. The molecule has 0 aromatic heterocycles. The molecule has 0 radical (unpaired) electrons. The Kier molecular flexibility index (Phi) is 6.01. The molecule has 0 heterocycles. The maximum atomic E-state index is 12.1. The molecule has 20 heavy (non-hydrogen) atoms. The fraction of sp³-hybridized carbons (Fsp3) is 0.500. The van der Waals surface area contributed by atoms with Crippen molar-refractivity contribution >= 4 is 5.91 Å². The van der Waals surface area contributed by atoms with Crippen molar-refractivity contribution in [1.82, 2.24) is 4.90 Å². The van der Waals surface area contributed by atoms with Crippen molar-refractivity contribution in [2.45, 2.75) is 32.2 Å². The van der Waals surface area contributed by atoms with Gasteiger partial charge in [0.15, 0.2) is 0 Å². The number of hydrogen-bond acceptors (Lipinski definition) is 2. The summed E-state index contributed by atoms with van der Waals surface area (Å²) in [5, 5.41) is 0. The summed E-state index contributed by atoms with van der Waals surface area (Å²) >= 11 is 0. The molecule has 0 saturated heterocycles. The van der Waals surface area contributed by atoms with E-state index in [9.17, 15) is 18.0 Å². The van der Waals surface area contributed by atoms with Gasteiger partial charge >= 0.3 is 6.18 Å². The van der Waals surface area contributed by atoms with Crippen LogP contribution in [0.25, 0.3) is 0 Å². The Bertz CT molecular complexity index is 420. The first-order chi connectivity index (χ1) is 9.29. The van der Waals surface area contributed by atoms with Gasteiger partial charge < -0.3 is 9.64 Å². The zero-order chi connectivity index (χ0) is 15.2. The zero-order valence-electron chi connectivity index (χ0n) is 11.5. The first-order valence-corrected chi connectivity index (χ1v) is 6.27. The number of carbonyl (C=O) groups is 1. The van der Waals surface area contributed by atoms with Gasteiger partial charge in [0.25, 0.3) is 5.91 Å². The van der Waals surface area contributed by atoms with E-state index in [2.05, 4.69) is 0 Å². The molecule has 0 N–H and O–H groups in total. The Balaban J connectivity index is 2.38. The number of benzene rings is 1. The van der Waals surface area contributed by atoms with Crippen LogP contribution in [0.4, 0.5) is 13.2 Å². The van der Waals surface area contributed by atoms with Crippen LogP contribution in [0.15, 0.2) is 30.3 Å². The fourth-order valence-electron chi connectivity index (χ4n) is 1.58. The second kappa shape index (κ2) is 7.28. The topological polar surface area (TPSA) is 29.5 Å². The van der Waals surface area contributed by atoms with Crippen molar-refractivity contribution in [2.75, 3.05) is 13.6 Å². The minimum atomic E-state index is -4.26. The van der Waals surface area contributed by atoms with Crippen molar-refractivity contribution < 1.29 is 22.7 Å². The molecular weight excluding hydrogens is 271 g/mol. The molecule has 0 spiro atoms. The molecule has 0 aliphatic carbocycles. The highest BCUT2D eigenvalue weighted by molar-refractivity contribution is 5.80. The average molecular weight is 289 g/mol. The standard InChI is InChI=1S/C14H18F3NO2/c1-11(20-10-12-6-4-3-5-7-12)13(19)18(2)9-8-14(15,16)17/h3-7,11H,8-10H2,1-2H3. The minimum absolute atomic E-state index is 0.251. The number of carbonyl (C=O) groups excluding carboxylic acids is 1. The van der Waals surface area contributed by atoms with E-state index >= 15 is 0 Å². The highest BCUT2D eigenvalue weighted by atomic mass is 19.4. The molecule has 0 fully saturated rings. The predicted octanol–water partition coefficient (Wildman–Crippen LogP) is 3.00. The largest absolute Gasteiger partial charge is 0.390 e. The van der Waals surface area contributed by atoms with Gasteiger partial charge in [-0.15, -0.1) is 0 Å². The van der Waals surface area contributed by atoms with Crippen LogP contribution in [0, 0.1) is 0 Å². The molecule has 3 nitrogen and oxygen atoms in total. The van der Waals surface area contributed by atoms with E-state index in [1.807, 2.05) is 30.3 Å². The number of alkyl halides is 3. The minimum Gasteiger partial charge on any atom is -0.364 e. The van der Waals surface area contributed by atoms with E-state index in [0.29, 0.717) is 0 Å². The number of halogens is 3. The number of rotatable bonds is 6. The molecule has 0 aliphatic rings. The molecule has 6 heteroatoms. The van der Waals surface area contributed by atoms with Crippen LogP contribution in [0.2, 0.25) is 0 Å². The molecule has 1 atom stereocenters. The van der Waals surface area contributed by atoms with E-state index in [1.54, 1.807) is 0 Å². The Morgan fingerprint density at radius 1 is 1.30 bits per heavy atom. The average Bonchev–Trinajstić information content (AvgIpc) is 2.41. The number of hydrogen-bond donors (Lipinski definition) is 0. The molecule has 1 aromatic carbocycles. The first kappa shape index (κ1) is 16.5. The van der Waals surface area contributed by atoms with Crippen molar-refractivity contribution in [1.29, 1.82) is 0 Å².